The summed E-state index contributed by atoms with van der Waals surface area (Å²) in [6, 6.07) is 7.07. The second kappa shape index (κ2) is 9.54. The summed E-state index contributed by atoms with van der Waals surface area (Å²) in [7, 11) is -0.871. The van der Waals surface area contributed by atoms with Crippen molar-refractivity contribution in [2.24, 2.45) is 4.99 Å². The molecule has 2 unspecified atom stereocenters. The molecule has 0 aromatic heterocycles. The summed E-state index contributed by atoms with van der Waals surface area (Å²) < 4.78 is 12.0. The molecule has 0 spiro atoms. The first-order valence-corrected chi connectivity index (χ1v) is 11.2. The van der Waals surface area contributed by atoms with Crippen LogP contribution in [0.4, 0.5) is 0 Å². The van der Waals surface area contributed by atoms with Crippen molar-refractivity contribution in [1.82, 2.24) is 10.6 Å². The highest BCUT2D eigenvalue weighted by atomic mass is 32.2. The van der Waals surface area contributed by atoms with E-state index < -0.39 is 10.8 Å². The van der Waals surface area contributed by atoms with Gasteiger partial charge in [-0.2, -0.15) is 0 Å². The number of fused-ring (bicyclic) bond motifs is 1. The van der Waals surface area contributed by atoms with Crippen LogP contribution in [0.2, 0.25) is 0 Å². The van der Waals surface area contributed by atoms with Crippen LogP contribution in [0.15, 0.2) is 23.2 Å². The smallest absolute Gasteiger partial charge is 0.191 e. The molecule has 5 heteroatoms. The summed E-state index contributed by atoms with van der Waals surface area (Å²) in [6.45, 7) is 11.6. The number of hydrogen-bond donors (Lipinski definition) is 2. The minimum atomic E-state index is -0.871. The zero-order valence-corrected chi connectivity index (χ0v) is 17.8. The van der Waals surface area contributed by atoms with E-state index in [1.54, 1.807) is 0 Å². The molecule has 0 saturated carbocycles. The van der Waals surface area contributed by atoms with Gasteiger partial charge in [0, 0.05) is 27.8 Å². The van der Waals surface area contributed by atoms with Gasteiger partial charge in [0.15, 0.2) is 5.96 Å². The van der Waals surface area contributed by atoms with Crippen LogP contribution in [-0.4, -0.2) is 33.8 Å². The van der Waals surface area contributed by atoms with Gasteiger partial charge < -0.3 is 10.6 Å². The first kappa shape index (κ1) is 20.9. The lowest BCUT2D eigenvalue weighted by Crippen LogP contribution is -2.39. The Balaban J connectivity index is 1.99. The van der Waals surface area contributed by atoms with Crippen LogP contribution in [0.1, 0.15) is 70.2 Å². The zero-order chi connectivity index (χ0) is 19.2. The van der Waals surface area contributed by atoms with Crippen molar-refractivity contribution >= 4 is 16.8 Å². The van der Waals surface area contributed by atoms with Crippen molar-refractivity contribution in [2.45, 2.75) is 71.1 Å². The molecule has 4 nitrogen and oxygen atoms in total. The summed E-state index contributed by atoms with van der Waals surface area (Å²) in [6.07, 6.45) is 5.02. The lowest BCUT2D eigenvalue weighted by atomic mass is 9.89. The van der Waals surface area contributed by atoms with Crippen molar-refractivity contribution in [2.75, 3.05) is 18.8 Å². The van der Waals surface area contributed by atoms with Crippen molar-refractivity contribution < 1.29 is 4.21 Å². The van der Waals surface area contributed by atoms with Crippen LogP contribution < -0.4 is 10.6 Å². The highest BCUT2D eigenvalue weighted by Crippen LogP contribution is 2.24. The minimum absolute atomic E-state index is 0.183. The van der Waals surface area contributed by atoms with E-state index in [0.29, 0.717) is 12.3 Å². The van der Waals surface area contributed by atoms with E-state index in [2.05, 4.69) is 47.7 Å². The van der Waals surface area contributed by atoms with Crippen LogP contribution in [0.25, 0.3) is 0 Å². The molecule has 0 radical (unpaired) electrons. The number of benzene rings is 1. The molecule has 2 N–H and O–H groups in total. The number of guanidine groups is 1. The van der Waals surface area contributed by atoms with Gasteiger partial charge in [0.05, 0.1) is 12.6 Å². The number of rotatable bonds is 6. The summed E-state index contributed by atoms with van der Waals surface area (Å²) in [5.74, 6) is 1.39. The molecule has 1 aromatic carbocycles. The predicted octanol–water partition coefficient (Wildman–Crippen LogP) is 3.73. The standard InChI is InChI=1S/C21H35N3OS/c1-6-22-20(23-13-14-26(25)21(3,4)5)24-16(2)18-12-11-17-9-7-8-10-19(17)15-18/h11-12,15-16H,6-10,13-14H2,1-5H3,(H2,22,23,24). The number of aryl methyl sites for hydroxylation is 2. The molecule has 1 aliphatic rings. The second-order valence-electron chi connectivity index (χ2n) is 8.02. The minimum Gasteiger partial charge on any atom is -0.357 e. The third-order valence-corrected chi connectivity index (χ3v) is 6.72. The third kappa shape index (κ3) is 6.11. The van der Waals surface area contributed by atoms with Crippen LogP contribution in [-0.2, 0) is 23.6 Å². The van der Waals surface area contributed by atoms with E-state index in [9.17, 15) is 4.21 Å². The maximum absolute atomic E-state index is 12.2. The molecule has 0 heterocycles. The third-order valence-electron chi connectivity index (χ3n) is 4.80. The van der Waals surface area contributed by atoms with Gasteiger partial charge in [-0.05, 0) is 77.0 Å². The summed E-state index contributed by atoms with van der Waals surface area (Å²) in [5, 5.41) is 6.79. The first-order chi connectivity index (χ1) is 12.3. The van der Waals surface area contributed by atoms with Gasteiger partial charge >= 0.3 is 0 Å². The van der Waals surface area contributed by atoms with Gasteiger partial charge in [-0.1, -0.05) is 18.2 Å². The van der Waals surface area contributed by atoms with Crippen molar-refractivity contribution in [1.29, 1.82) is 0 Å². The van der Waals surface area contributed by atoms with E-state index in [4.69, 9.17) is 0 Å². The van der Waals surface area contributed by atoms with Crippen molar-refractivity contribution in [3.05, 3.63) is 34.9 Å². The molecule has 0 amide bonds. The molecule has 0 fully saturated rings. The SMILES string of the molecule is CCNC(=NCCS(=O)C(C)(C)C)NC(C)c1ccc2c(c1)CCCC2. The fraction of sp³-hybridized carbons (Fsp3) is 0.667. The molecule has 26 heavy (non-hydrogen) atoms. The van der Waals surface area contributed by atoms with Gasteiger partial charge in [-0.3, -0.25) is 9.20 Å². The van der Waals surface area contributed by atoms with Crippen LogP contribution in [0.5, 0.6) is 0 Å². The topological polar surface area (TPSA) is 53.5 Å². The molecule has 0 saturated heterocycles. The van der Waals surface area contributed by atoms with Gasteiger partial charge in [0.1, 0.15) is 0 Å². The fourth-order valence-electron chi connectivity index (χ4n) is 3.18. The molecule has 1 aliphatic carbocycles. The van der Waals surface area contributed by atoms with Crippen LogP contribution >= 0.6 is 0 Å². The Morgan fingerprint density at radius 2 is 1.92 bits per heavy atom. The average Bonchev–Trinajstić information content (AvgIpc) is 2.60. The Kier molecular flexibility index (Phi) is 7.69. The lowest BCUT2D eigenvalue weighted by molar-refractivity contribution is 0.647. The van der Waals surface area contributed by atoms with Crippen LogP contribution in [0.3, 0.4) is 0 Å². The van der Waals surface area contributed by atoms with Crippen molar-refractivity contribution in [3.63, 3.8) is 0 Å². The average molecular weight is 378 g/mol. The summed E-state index contributed by atoms with van der Waals surface area (Å²) in [4.78, 5) is 4.62. The van der Waals surface area contributed by atoms with Gasteiger partial charge in [0.25, 0.3) is 0 Å². The van der Waals surface area contributed by atoms with E-state index in [1.165, 1.54) is 42.4 Å². The summed E-state index contributed by atoms with van der Waals surface area (Å²) in [5.41, 5.74) is 4.32. The zero-order valence-electron chi connectivity index (χ0n) is 17.0. The van der Waals surface area contributed by atoms with E-state index in [-0.39, 0.29) is 10.8 Å². The van der Waals surface area contributed by atoms with Gasteiger partial charge in [-0.25, -0.2) is 0 Å². The molecule has 1 aromatic rings. The lowest BCUT2D eigenvalue weighted by Gasteiger charge is -2.22. The van der Waals surface area contributed by atoms with Gasteiger partial charge in [0.2, 0.25) is 0 Å². The Bertz CT molecular complexity index is 649. The Labute approximate surface area is 161 Å². The summed E-state index contributed by atoms with van der Waals surface area (Å²) >= 11 is 0. The largest absolute Gasteiger partial charge is 0.357 e. The number of hydrogen-bond acceptors (Lipinski definition) is 2. The fourth-order valence-corrected chi connectivity index (χ4v) is 4.05. The Morgan fingerprint density at radius 1 is 1.23 bits per heavy atom. The quantitative estimate of drug-likeness (QED) is 0.587. The van der Waals surface area contributed by atoms with Gasteiger partial charge in [-0.15, -0.1) is 0 Å². The van der Waals surface area contributed by atoms with E-state index in [1.807, 2.05) is 20.8 Å². The second-order valence-corrected chi connectivity index (χ2v) is 10.3. The molecule has 0 aliphatic heterocycles. The first-order valence-electron chi connectivity index (χ1n) is 9.86. The molecule has 2 rings (SSSR count). The Hall–Kier alpha value is -1.36. The molecular formula is C21H35N3OS. The number of nitrogens with zero attached hydrogens (tertiary/aromatic N) is 1. The highest BCUT2D eigenvalue weighted by Gasteiger charge is 2.18. The van der Waals surface area contributed by atoms with E-state index >= 15 is 0 Å². The normalized spacial score (nSPS) is 17.3. The maximum Gasteiger partial charge on any atom is 0.191 e. The monoisotopic (exact) mass is 377 g/mol. The predicted molar refractivity (Wildman–Crippen MR) is 113 cm³/mol. The maximum atomic E-state index is 12.2. The molecule has 0 bridgehead atoms. The Morgan fingerprint density at radius 3 is 2.58 bits per heavy atom. The molecular weight excluding hydrogens is 342 g/mol. The van der Waals surface area contributed by atoms with Crippen LogP contribution in [0, 0.1) is 0 Å². The molecule has 2 atom stereocenters. The van der Waals surface area contributed by atoms with E-state index in [0.717, 1.165) is 12.5 Å². The number of nitrogens with one attached hydrogen (secondary N) is 2. The number of aliphatic imine (C=N–C) groups is 1. The molecule has 146 valence electrons. The highest BCUT2D eigenvalue weighted by molar-refractivity contribution is 7.86. The van der Waals surface area contributed by atoms with Crippen molar-refractivity contribution in [3.8, 4) is 0 Å².